The van der Waals surface area contributed by atoms with Crippen molar-refractivity contribution in [3.05, 3.63) is 29.8 Å². The molecule has 3 nitrogen and oxygen atoms in total. The topological polar surface area (TPSA) is 36.1 Å². The van der Waals surface area contributed by atoms with Gasteiger partial charge in [0.05, 0.1) is 5.56 Å². The average Bonchev–Trinajstić information content (AvgIpc) is 2.95. The largest absolute Gasteiger partial charge is 0.358 e. The fourth-order valence-electron chi connectivity index (χ4n) is 2.46. The van der Waals surface area contributed by atoms with Crippen LogP contribution in [0, 0.1) is 0 Å². The van der Waals surface area contributed by atoms with E-state index >= 15 is 0 Å². The molecular formula is C13H14N2O. The Balaban J connectivity index is 2.19. The van der Waals surface area contributed by atoms with Gasteiger partial charge < -0.3 is 9.88 Å². The summed E-state index contributed by atoms with van der Waals surface area (Å²) in [5.41, 5.74) is 1.85. The second kappa shape index (κ2) is 3.67. The molecule has 0 radical (unpaired) electrons. The highest BCUT2D eigenvalue weighted by atomic mass is 16.1. The van der Waals surface area contributed by atoms with E-state index in [2.05, 4.69) is 9.88 Å². The molecule has 0 aliphatic carbocycles. The van der Waals surface area contributed by atoms with E-state index in [1.807, 2.05) is 24.3 Å². The number of aromatic amines is 1. The van der Waals surface area contributed by atoms with E-state index < -0.39 is 0 Å². The minimum absolute atomic E-state index is 0.803. The summed E-state index contributed by atoms with van der Waals surface area (Å²) in [6, 6.07) is 7.97. The third kappa shape index (κ3) is 1.32. The van der Waals surface area contributed by atoms with Crippen molar-refractivity contribution in [2.24, 2.45) is 0 Å². The van der Waals surface area contributed by atoms with Crippen molar-refractivity contribution >= 4 is 23.0 Å². The van der Waals surface area contributed by atoms with Gasteiger partial charge >= 0.3 is 0 Å². The summed E-state index contributed by atoms with van der Waals surface area (Å²) in [5.74, 6) is 0.994. The van der Waals surface area contributed by atoms with E-state index in [9.17, 15) is 4.79 Å². The van der Waals surface area contributed by atoms with E-state index in [1.54, 1.807) is 0 Å². The van der Waals surface area contributed by atoms with Gasteiger partial charge in [-0.25, -0.2) is 0 Å². The molecule has 0 atom stereocenters. The molecular weight excluding hydrogens is 200 g/mol. The van der Waals surface area contributed by atoms with Crippen molar-refractivity contribution in [2.75, 3.05) is 18.0 Å². The van der Waals surface area contributed by atoms with Gasteiger partial charge in [-0.2, -0.15) is 0 Å². The summed E-state index contributed by atoms with van der Waals surface area (Å²) in [6.45, 7) is 2.10. The number of fused-ring (bicyclic) bond motifs is 1. The van der Waals surface area contributed by atoms with Gasteiger partial charge in [-0.1, -0.05) is 18.2 Å². The number of aromatic nitrogens is 1. The van der Waals surface area contributed by atoms with Crippen LogP contribution in [0.3, 0.4) is 0 Å². The summed E-state index contributed by atoms with van der Waals surface area (Å²) in [6.07, 6.45) is 3.40. The zero-order valence-electron chi connectivity index (χ0n) is 9.07. The highest BCUT2D eigenvalue weighted by molar-refractivity contribution is 6.03. The lowest BCUT2D eigenvalue weighted by atomic mass is 10.2. The van der Waals surface area contributed by atoms with E-state index in [0.717, 1.165) is 41.7 Å². The summed E-state index contributed by atoms with van der Waals surface area (Å²) >= 11 is 0. The summed E-state index contributed by atoms with van der Waals surface area (Å²) in [7, 11) is 0. The molecule has 0 saturated carbocycles. The van der Waals surface area contributed by atoms with E-state index in [0.29, 0.717) is 0 Å². The van der Waals surface area contributed by atoms with Gasteiger partial charge in [0.15, 0.2) is 6.29 Å². The molecule has 1 aromatic carbocycles. The maximum absolute atomic E-state index is 11.2. The number of nitrogens with one attached hydrogen (secondary N) is 1. The molecule has 0 spiro atoms. The number of carbonyl (C=O) groups excluding carboxylic acids is 1. The summed E-state index contributed by atoms with van der Waals surface area (Å²) in [5, 5.41) is 1.03. The maximum Gasteiger partial charge on any atom is 0.154 e. The van der Waals surface area contributed by atoms with Gasteiger partial charge in [-0.3, -0.25) is 4.79 Å². The van der Waals surface area contributed by atoms with E-state index in [1.165, 1.54) is 12.8 Å². The highest BCUT2D eigenvalue weighted by Gasteiger charge is 2.19. The molecule has 0 unspecified atom stereocenters. The smallest absolute Gasteiger partial charge is 0.154 e. The van der Waals surface area contributed by atoms with Crippen molar-refractivity contribution in [3.8, 4) is 0 Å². The average molecular weight is 214 g/mol. The van der Waals surface area contributed by atoms with E-state index in [4.69, 9.17) is 0 Å². The van der Waals surface area contributed by atoms with Crippen molar-refractivity contribution < 1.29 is 4.79 Å². The molecule has 1 saturated heterocycles. The molecule has 1 N–H and O–H groups in total. The maximum atomic E-state index is 11.2. The van der Waals surface area contributed by atoms with Crippen LogP contribution in [-0.2, 0) is 0 Å². The second-order valence-electron chi connectivity index (χ2n) is 4.24. The molecule has 16 heavy (non-hydrogen) atoms. The number of rotatable bonds is 2. The fourth-order valence-corrected chi connectivity index (χ4v) is 2.46. The van der Waals surface area contributed by atoms with Gasteiger partial charge in [0, 0.05) is 24.0 Å². The third-order valence-electron chi connectivity index (χ3n) is 3.27. The summed E-state index contributed by atoms with van der Waals surface area (Å²) < 4.78 is 0. The molecule has 1 fully saturated rings. The van der Waals surface area contributed by atoms with Gasteiger partial charge in [-0.15, -0.1) is 0 Å². The van der Waals surface area contributed by atoms with Crippen molar-refractivity contribution in [1.29, 1.82) is 0 Å². The Morgan fingerprint density at radius 3 is 2.69 bits per heavy atom. The zero-order valence-corrected chi connectivity index (χ0v) is 9.07. The Labute approximate surface area is 94.1 Å². The predicted molar refractivity (Wildman–Crippen MR) is 65.1 cm³/mol. The van der Waals surface area contributed by atoms with Crippen LogP contribution in [0.4, 0.5) is 5.82 Å². The normalized spacial score (nSPS) is 15.9. The Hall–Kier alpha value is -1.77. The molecule has 3 heteroatoms. The standard InChI is InChI=1S/C13H14N2O/c16-9-11-10-5-1-2-6-12(10)14-13(11)15-7-3-4-8-15/h1-2,5-6,9,14H,3-4,7-8H2. The molecule has 0 bridgehead atoms. The van der Waals surface area contributed by atoms with Crippen molar-refractivity contribution in [1.82, 2.24) is 4.98 Å². The second-order valence-corrected chi connectivity index (χ2v) is 4.24. The minimum Gasteiger partial charge on any atom is -0.358 e. The quantitative estimate of drug-likeness (QED) is 0.780. The van der Waals surface area contributed by atoms with Crippen molar-refractivity contribution in [3.63, 3.8) is 0 Å². The number of nitrogens with zero attached hydrogens (tertiary/aromatic N) is 1. The number of benzene rings is 1. The molecule has 1 aliphatic heterocycles. The SMILES string of the molecule is O=Cc1c(N2CCCC2)[nH]c2ccccc12. The molecule has 82 valence electrons. The third-order valence-corrected chi connectivity index (χ3v) is 3.27. The van der Waals surface area contributed by atoms with E-state index in [-0.39, 0.29) is 0 Å². The minimum atomic E-state index is 0.803. The number of aldehydes is 1. The Morgan fingerprint density at radius 2 is 1.94 bits per heavy atom. The Bertz CT molecular complexity index is 524. The van der Waals surface area contributed by atoms with Gasteiger partial charge in [0.1, 0.15) is 5.82 Å². The summed E-state index contributed by atoms with van der Waals surface area (Å²) in [4.78, 5) is 16.8. The number of hydrogen-bond acceptors (Lipinski definition) is 2. The van der Waals surface area contributed by atoms with Crippen molar-refractivity contribution in [2.45, 2.75) is 12.8 Å². The first-order valence-electron chi connectivity index (χ1n) is 5.71. The fraction of sp³-hybridized carbons (Fsp3) is 0.308. The molecule has 1 aliphatic rings. The van der Waals surface area contributed by atoms with Crippen LogP contribution in [-0.4, -0.2) is 24.4 Å². The first-order valence-corrected chi connectivity index (χ1v) is 5.71. The lowest BCUT2D eigenvalue weighted by Crippen LogP contribution is -2.19. The molecule has 0 amide bonds. The van der Waals surface area contributed by atoms with Crippen LogP contribution < -0.4 is 4.90 Å². The van der Waals surface area contributed by atoms with Crippen LogP contribution in [0.15, 0.2) is 24.3 Å². The zero-order chi connectivity index (χ0) is 11.0. The first-order chi connectivity index (χ1) is 7.90. The molecule has 3 rings (SSSR count). The monoisotopic (exact) mass is 214 g/mol. The van der Waals surface area contributed by atoms with Crippen LogP contribution >= 0.6 is 0 Å². The molecule has 1 aromatic heterocycles. The van der Waals surface area contributed by atoms with Crippen LogP contribution in [0.1, 0.15) is 23.2 Å². The number of para-hydroxylation sites is 1. The number of anilines is 1. The lowest BCUT2D eigenvalue weighted by molar-refractivity contribution is 0.112. The Morgan fingerprint density at radius 1 is 1.19 bits per heavy atom. The lowest BCUT2D eigenvalue weighted by Gasteiger charge is -2.15. The molecule has 2 aromatic rings. The van der Waals surface area contributed by atoms with Crippen LogP contribution in [0.5, 0.6) is 0 Å². The van der Waals surface area contributed by atoms with Gasteiger partial charge in [-0.05, 0) is 18.9 Å². The first kappa shape index (κ1) is 9.46. The number of carbonyl (C=O) groups is 1. The number of hydrogen-bond donors (Lipinski definition) is 1. The Kier molecular flexibility index (Phi) is 2.17. The van der Waals surface area contributed by atoms with Crippen LogP contribution in [0.2, 0.25) is 0 Å². The highest BCUT2D eigenvalue weighted by Crippen LogP contribution is 2.29. The predicted octanol–water partition coefficient (Wildman–Crippen LogP) is 2.58. The molecule has 2 heterocycles. The number of H-pyrrole nitrogens is 1. The van der Waals surface area contributed by atoms with Gasteiger partial charge in [0.25, 0.3) is 0 Å². The van der Waals surface area contributed by atoms with Crippen LogP contribution in [0.25, 0.3) is 10.9 Å². The van der Waals surface area contributed by atoms with Gasteiger partial charge in [0.2, 0.25) is 0 Å².